The SMILES string of the molecule is C=CC(=O)OC(=O)CCC(=O)OCC=O. The van der Waals surface area contributed by atoms with Crippen LogP contribution in [0.3, 0.4) is 0 Å². The summed E-state index contributed by atoms with van der Waals surface area (Å²) in [5.74, 6) is -2.42. The molecule has 0 aromatic rings. The van der Waals surface area contributed by atoms with Crippen molar-refractivity contribution >= 4 is 24.2 Å². The van der Waals surface area contributed by atoms with E-state index in [1.165, 1.54) is 0 Å². The van der Waals surface area contributed by atoms with Crippen LogP contribution in [0.15, 0.2) is 12.7 Å². The predicted octanol–water partition coefficient (Wildman–Crippen LogP) is -0.236. The minimum atomic E-state index is -0.874. The third kappa shape index (κ3) is 7.12. The maximum atomic E-state index is 10.8. The van der Waals surface area contributed by atoms with Crippen molar-refractivity contribution in [3.05, 3.63) is 12.7 Å². The average molecular weight is 214 g/mol. The van der Waals surface area contributed by atoms with Gasteiger partial charge in [-0.1, -0.05) is 6.58 Å². The third-order valence-electron chi connectivity index (χ3n) is 1.23. The normalized spacial score (nSPS) is 8.80. The molecule has 0 aliphatic heterocycles. The van der Waals surface area contributed by atoms with E-state index in [1.54, 1.807) is 0 Å². The molecule has 6 heteroatoms. The monoisotopic (exact) mass is 214 g/mol. The smallest absolute Gasteiger partial charge is 0.337 e. The van der Waals surface area contributed by atoms with Crippen LogP contribution in [0.4, 0.5) is 0 Å². The van der Waals surface area contributed by atoms with Gasteiger partial charge < -0.3 is 9.47 Å². The summed E-state index contributed by atoms with van der Waals surface area (Å²) in [5, 5.41) is 0. The molecule has 0 aliphatic carbocycles. The van der Waals surface area contributed by atoms with Crippen LogP contribution in [0.5, 0.6) is 0 Å². The Labute approximate surface area is 85.8 Å². The number of aldehydes is 1. The number of hydrogen-bond acceptors (Lipinski definition) is 6. The summed E-state index contributed by atoms with van der Waals surface area (Å²) in [6.45, 7) is 2.74. The Balaban J connectivity index is 3.70. The maximum Gasteiger partial charge on any atom is 0.337 e. The lowest BCUT2D eigenvalue weighted by molar-refractivity contribution is -0.158. The minimum absolute atomic E-state index is 0.239. The highest BCUT2D eigenvalue weighted by molar-refractivity contribution is 5.92. The van der Waals surface area contributed by atoms with Gasteiger partial charge in [0, 0.05) is 6.08 Å². The van der Waals surface area contributed by atoms with E-state index in [4.69, 9.17) is 0 Å². The number of esters is 3. The summed E-state index contributed by atoms with van der Waals surface area (Å²) in [7, 11) is 0. The fraction of sp³-hybridized carbons (Fsp3) is 0.333. The van der Waals surface area contributed by atoms with Gasteiger partial charge in [-0.15, -0.1) is 0 Å². The van der Waals surface area contributed by atoms with Crippen LogP contribution in [-0.2, 0) is 28.7 Å². The van der Waals surface area contributed by atoms with Crippen LogP contribution in [-0.4, -0.2) is 30.8 Å². The van der Waals surface area contributed by atoms with E-state index in [-0.39, 0.29) is 19.4 Å². The fourth-order valence-electron chi connectivity index (χ4n) is 0.608. The zero-order chi connectivity index (χ0) is 11.7. The van der Waals surface area contributed by atoms with Crippen LogP contribution in [0.2, 0.25) is 0 Å². The van der Waals surface area contributed by atoms with Gasteiger partial charge in [0.15, 0.2) is 6.29 Å². The lowest BCUT2D eigenvalue weighted by Crippen LogP contribution is -2.13. The molecule has 0 saturated heterocycles. The molecule has 0 radical (unpaired) electrons. The molecule has 0 aromatic carbocycles. The number of rotatable bonds is 6. The lowest BCUT2D eigenvalue weighted by atomic mass is 10.3. The molecular weight excluding hydrogens is 204 g/mol. The Morgan fingerprint density at radius 3 is 2.27 bits per heavy atom. The Morgan fingerprint density at radius 1 is 1.13 bits per heavy atom. The van der Waals surface area contributed by atoms with Crippen molar-refractivity contribution in [2.24, 2.45) is 0 Å². The maximum absolute atomic E-state index is 10.8. The van der Waals surface area contributed by atoms with Crippen molar-refractivity contribution in [2.75, 3.05) is 6.61 Å². The first-order valence-electron chi connectivity index (χ1n) is 4.06. The van der Waals surface area contributed by atoms with Crippen LogP contribution in [0.1, 0.15) is 12.8 Å². The number of hydrogen-bond donors (Lipinski definition) is 0. The molecule has 0 aliphatic rings. The third-order valence-corrected chi connectivity index (χ3v) is 1.23. The van der Waals surface area contributed by atoms with Crippen molar-refractivity contribution in [2.45, 2.75) is 12.8 Å². The first-order chi connectivity index (χ1) is 7.10. The molecular formula is C9H10O6. The van der Waals surface area contributed by atoms with Gasteiger partial charge in [0.05, 0.1) is 12.8 Å². The van der Waals surface area contributed by atoms with E-state index in [1.807, 2.05) is 0 Å². The topological polar surface area (TPSA) is 86.7 Å². The molecule has 0 amide bonds. The van der Waals surface area contributed by atoms with Gasteiger partial charge in [0.2, 0.25) is 0 Å². The summed E-state index contributed by atoms with van der Waals surface area (Å²) in [6, 6.07) is 0. The fourth-order valence-corrected chi connectivity index (χ4v) is 0.608. The Morgan fingerprint density at radius 2 is 1.73 bits per heavy atom. The molecule has 15 heavy (non-hydrogen) atoms. The zero-order valence-electron chi connectivity index (χ0n) is 7.93. The number of carbonyl (C=O) groups excluding carboxylic acids is 4. The van der Waals surface area contributed by atoms with E-state index in [2.05, 4.69) is 16.1 Å². The van der Waals surface area contributed by atoms with Gasteiger partial charge in [0.25, 0.3) is 0 Å². The molecule has 0 heterocycles. The number of carbonyl (C=O) groups is 4. The van der Waals surface area contributed by atoms with Crippen LogP contribution in [0.25, 0.3) is 0 Å². The highest BCUT2D eigenvalue weighted by Gasteiger charge is 2.11. The summed E-state index contributed by atoms with van der Waals surface area (Å²) in [6.07, 6.45) is 0.731. The highest BCUT2D eigenvalue weighted by Crippen LogP contribution is 1.96. The molecule has 0 rings (SSSR count). The van der Waals surface area contributed by atoms with Gasteiger partial charge in [-0.25, -0.2) is 4.79 Å². The second-order valence-electron chi connectivity index (χ2n) is 2.35. The van der Waals surface area contributed by atoms with E-state index in [9.17, 15) is 19.2 Å². The molecule has 0 unspecified atom stereocenters. The number of ether oxygens (including phenoxy) is 2. The Hall–Kier alpha value is -1.98. The van der Waals surface area contributed by atoms with Gasteiger partial charge in [-0.3, -0.25) is 14.4 Å². The van der Waals surface area contributed by atoms with Crippen LogP contribution >= 0.6 is 0 Å². The van der Waals surface area contributed by atoms with Gasteiger partial charge >= 0.3 is 17.9 Å². The second-order valence-corrected chi connectivity index (χ2v) is 2.35. The Kier molecular flexibility index (Phi) is 6.45. The van der Waals surface area contributed by atoms with Gasteiger partial charge in [0.1, 0.15) is 6.61 Å². The molecule has 6 nitrogen and oxygen atoms in total. The van der Waals surface area contributed by atoms with Gasteiger partial charge in [-0.2, -0.15) is 0 Å². The van der Waals surface area contributed by atoms with Crippen molar-refractivity contribution in [3.63, 3.8) is 0 Å². The first kappa shape index (κ1) is 13.0. The molecule has 0 fully saturated rings. The first-order valence-corrected chi connectivity index (χ1v) is 4.06. The van der Waals surface area contributed by atoms with Crippen LogP contribution in [0, 0.1) is 0 Å². The second kappa shape index (κ2) is 7.43. The quantitative estimate of drug-likeness (QED) is 0.262. The highest BCUT2D eigenvalue weighted by atomic mass is 16.6. The summed E-state index contributed by atoms with van der Waals surface area (Å²) < 4.78 is 8.53. The molecule has 0 atom stereocenters. The van der Waals surface area contributed by atoms with E-state index in [0.717, 1.165) is 6.08 Å². The minimum Gasteiger partial charge on any atom is -0.458 e. The van der Waals surface area contributed by atoms with E-state index < -0.39 is 17.9 Å². The van der Waals surface area contributed by atoms with Crippen LogP contribution < -0.4 is 0 Å². The summed E-state index contributed by atoms with van der Waals surface area (Å²) in [4.78, 5) is 41.9. The molecule has 0 saturated carbocycles. The standard InChI is InChI=1S/C9H10O6/c1-2-7(11)15-9(13)4-3-8(12)14-6-5-10/h2,5H,1,3-4,6H2. The van der Waals surface area contributed by atoms with Crippen molar-refractivity contribution in [3.8, 4) is 0 Å². The Bertz CT molecular complexity index is 280. The summed E-state index contributed by atoms with van der Waals surface area (Å²) >= 11 is 0. The molecule has 0 N–H and O–H groups in total. The molecule has 82 valence electrons. The van der Waals surface area contributed by atoms with Crippen molar-refractivity contribution in [1.29, 1.82) is 0 Å². The van der Waals surface area contributed by atoms with Crippen molar-refractivity contribution in [1.82, 2.24) is 0 Å². The molecule has 0 bridgehead atoms. The predicted molar refractivity (Wildman–Crippen MR) is 47.6 cm³/mol. The molecule has 0 spiro atoms. The largest absolute Gasteiger partial charge is 0.458 e. The summed E-state index contributed by atoms with van der Waals surface area (Å²) in [5.41, 5.74) is 0. The van der Waals surface area contributed by atoms with Gasteiger partial charge in [-0.05, 0) is 0 Å². The van der Waals surface area contributed by atoms with Crippen molar-refractivity contribution < 1.29 is 28.7 Å². The van der Waals surface area contributed by atoms with E-state index >= 15 is 0 Å². The lowest BCUT2D eigenvalue weighted by Gasteiger charge is -2.00. The zero-order valence-corrected chi connectivity index (χ0v) is 7.93. The average Bonchev–Trinajstić information content (AvgIpc) is 2.23. The van der Waals surface area contributed by atoms with E-state index in [0.29, 0.717) is 6.29 Å². The molecule has 0 aromatic heterocycles.